The fourth-order valence-electron chi connectivity index (χ4n) is 2.99. The Morgan fingerprint density at radius 1 is 1.14 bits per heavy atom. The van der Waals surface area contributed by atoms with Gasteiger partial charge in [-0.1, -0.05) is 0 Å². The average molecular weight is 316 g/mol. The van der Waals surface area contributed by atoms with Crippen LogP contribution in [0, 0.1) is 6.92 Å². The van der Waals surface area contributed by atoms with Crippen LogP contribution in [0.5, 0.6) is 0 Å². The van der Waals surface area contributed by atoms with E-state index in [1.54, 1.807) is 0 Å². The molecule has 1 aliphatic rings. The minimum Gasteiger partial charge on any atom is -1.00 e. The molecule has 0 amide bonds. The molecule has 0 atom stereocenters. The number of rotatable bonds is 5. The summed E-state index contributed by atoms with van der Waals surface area (Å²) in [5, 5.41) is 18.5. The number of anilines is 2. The van der Waals surface area contributed by atoms with Crippen LogP contribution in [0.15, 0.2) is 18.2 Å². The molecule has 1 aromatic carbocycles. The lowest BCUT2D eigenvalue weighted by Gasteiger charge is -2.45. The second-order valence-corrected chi connectivity index (χ2v) is 5.71. The van der Waals surface area contributed by atoms with Gasteiger partial charge in [-0.15, -0.1) is 0 Å². The summed E-state index contributed by atoms with van der Waals surface area (Å²) in [6, 6.07) is 6.16. The highest BCUT2D eigenvalue weighted by Gasteiger charge is 2.32. The standard InChI is InChI=1S/C15H26N3O2.ClH/c1-13-12-14(2-3-15(13)16)17-4-6-18(7-5-17,8-10-19)9-11-20;/h2-3,12,19-20H,4-11,16H2,1H3;1H/q+1;/p-1. The lowest BCUT2D eigenvalue weighted by molar-refractivity contribution is -0.929. The van der Waals surface area contributed by atoms with Crippen LogP contribution in [0.3, 0.4) is 0 Å². The van der Waals surface area contributed by atoms with E-state index in [1.807, 2.05) is 13.0 Å². The first kappa shape index (κ1) is 18.0. The molecule has 0 unspecified atom stereocenters. The van der Waals surface area contributed by atoms with Crippen LogP contribution >= 0.6 is 0 Å². The van der Waals surface area contributed by atoms with Crippen molar-refractivity contribution in [2.75, 3.05) is 63.1 Å². The molecule has 0 saturated carbocycles. The summed E-state index contributed by atoms with van der Waals surface area (Å²) in [6.07, 6.45) is 0. The van der Waals surface area contributed by atoms with Crippen molar-refractivity contribution in [3.05, 3.63) is 23.8 Å². The van der Waals surface area contributed by atoms with Crippen molar-refractivity contribution >= 4 is 11.4 Å². The summed E-state index contributed by atoms with van der Waals surface area (Å²) < 4.78 is 0.817. The molecule has 0 radical (unpaired) electrons. The SMILES string of the molecule is Cc1cc(N2CC[N+](CCO)(CCO)CC2)ccc1N.[Cl-]. The van der Waals surface area contributed by atoms with Crippen LogP contribution in [0.4, 0.5) is 11.4 Å². The van der Waals surface area contributed by atoms with Gasteiger partial charge >= 0.3 is 0 Å². The summed E-state index contributed by atoms with van der Waals surface area (Å²) in [7, 11) is 0. The van der Waals surface area contributed by atoms with Crippen LogP contribution in [-0.2, 0) is 0 Å². The zero-order valence-electron chi connectivity index (χ0n) is 12.6. The zero-order valence-corrected chi connectivity index (χ0v) is 13.4. The number of nitrogen functional groups attached to an aromatic ring is 1. The molecule has 0 aliphatic carbocycles. The first-order valence-corrected chi connectivity index (χ1v) is 7.28. The maximum absolute atomic E-state index is 9.24. The predicted octanol–water partition coefficient (Wildman–Crippen LogP) is -2.80. The Labute approximate surface area is 133 Å². The Morgan fingerprint density at radius 2 is 1.71 bits per heavy atom. The minimum atomic E-state index is 0. The summed E-state index contributed by atoms with van der Waals surface area (Å²) in [5.41, 5.74) is 9.01. The van der Waals surface area contributed by atoms with Crippen LogP contribution < -0.4 is 23.0 Å². The van der Waals surface area contributed by atoms with Gasteiger partial charge in [0.15, 0.2) is 0 Å². The molecule has 6 heteroatoms. The number of aryl methyl sites for hydroxylation is 1. The Kier molecular flexibility index (Phi) is 6.74. The molecule has 0 spiro atoms. The lowest BCUT2D eigenvalue weighted by atomic mass is 10.1. The maximum atomic E-state index is 9.24. The van der Waals surface area contributed by atoms with Gasteiger partial charge < -0.3 is 37.7 Å². The molecule has 120 valence electrons. The number of aliphatic hydroxyl groups is 2. The summed E-state index contributed by atoms with van der Waals surface area (Å²) in [4.78, 5) is 2.36. The second-order valence-electron chi connectivity index (χ2n) is 5.71. The van der Waals surface area contributed by atoms with Crippen molar-refractivity contribution in [3.63, 3.8) is 0 Å². The highest BCUT2D eigenvalue weighted by atomic mass is 35.5. The smallest absolute Gasteiger partial charge is 0.102 e. The number of piperazine rings is 1. The van der Waals surface area contributed by atoms with Crippen molar-refractivity contribution in [3.8, 4) is 0 Å². The van der Waals surface area contributed by atoms with Crippen molar-refractivity contribution in [2.45, 2.75) is 6.92 Å². The van der Waals surface area contributed by atoms with Gasteiger partial charge in [-0.25, -0.2) is 0 Å². The third kappa shape index (κ3) is 4.23. The van der Waals surface area contributed by atoms with Crippen molar-refractivity contribution < 1.29 is 27.1 Å². The van der Waals surface area contributed by atoms with Crippen LogP contribution in [0.1, 0.15) is 5.56 Å². The van der Waals surface area contributed by atoms with E-state index in [0.29, 0.717) is 0 Å². The zero-order chi connectivity index (χ0) is 14.6. The number of nitrogens with two attached hydrogens (primary N) is 1. The van der Waals surface area contributed by atoms with E-state index < -0.39 is 0 Å². The average Bonchev–Trinajstić information content (AvgIpc) is 2.43. The maximum Gasteiger partial charge on any atom is 0.102 e. The van der Waals surface area contributed by atoms with Crippen molar-refractivity contribution in [1.82, 2.24) is 0 Å². The summed E-state index contributed by atoms with van der Waals surface area (Å²) in [6.45, 7) is 7.68. The van der Waals surface area contributed by atoms with Crippen LogP contribution in [0.25, 0.3) is 0 Å². The normalized spacial score (nSPS) is 17.4. The van der Waals surface area contributed by atoms with E-state index in [1.165, 1.54) is 5.69 Å². The number of aliphatic hydroxyl groups excluding tert-OH is 2. The van der Waals surface area contributed by atoms with Crippen LogP contribution in [-0.4, -0.2) is 67.2 Å². The molecule has 1 aromatic rings. The van der Waals surface area contributed by atoms with Gasteiger partial charge in [0.2, 0.25) is 0 Å². The van der Waals surface area contributed by atoms with Crippen molar-refractivity contribution in [1.29, 1.82) is 0 Å². The van der Waals surface area contributed by atoms with E-state index in [2.05, 4.69) is 17.0 Å². The first-order valence-electron chi connectivity index (χ1n) is 7.28. The van der Waals surface area contributed by atoms with E-state index in [0.717, 1.165) is 55.0 Å². The monoisotopic (exact) mass is 315 g/mol. The van der Waals surface area contributed by atoms with Gasteiger partial charge in [-0.2, -0.15) is 0 Å². The molecular formula is C15H26ClN3O2. The lowest BCUT2D eigenvalue weighted by Crippen LogP contribution is -3.00. The van der Waals surface area contributed by atoms with Gasteiger partial charge in [0, 0.05) is 11.4 Å². The molecule has 2 rings (SSSR count). The summed E-state index contributed by atoms with van der Waals surface area (Å²) >= 11 is 0. The molecule has 1 fully saturated rings. The quantitative estimate of drug-likeness (QED) is 0.406. The topological polar surface area (TPSA) is 69.7 Å². The van der Waals surface area contributed by atoms with Gasteiger partial charge in [0.1, 0.15) is 13.1 Å². The summed E-state index contributed by atoms with van der Waals surface area (Å²) in [5.74, 6) is 0. The molecule has 21 heavy (non-hydrogen) atoms. The Bertz CT molecular complexity index is 441. The number of hydrogen-bond donors (Lipinski definition) is 3. The molecule has 1 heterocycles. The Hall–Kier alpha value is -1.01. The largest absolute Gasteiger partial charge is 1.00 e. The second kappa shape index (κ2) is 7.84. The third-order valence-corrected chi connectivity index (χ3v) is 4.46. The van der Waals surface area contributed by atoms with Crippen LogP contribution in [0.2, 0.25) is 0 Å². The van der Waals surface area contributed by atoms with Crippen molar-refractivity contribution in [2.24, 2.45) is 0 Å². The number of nitrogens with zero attached hydrogens (tertiary/aromatic N) is 2. The molecule has 0 bridgehead atoms. The number of halogens is 1. The predicted molar refractivity (Wildman–Crippen MR) is 81.7 cm³/mol. The van der Waals surface area contributed by atoms with Gasteiger partial charge in [0.05, 0.1) is 39.4 Å². The van der Waals surface area contributed by atoms with E-state index in [-0.39, 0.29) is 25.6 Å². The number of hydrogen-bond acceptors (Lipinski definition) is 4. The van der Waals surface area contributed by atoms with E-state index in [9.17, 15) is 10.2 Å². The van der Waals surface area contributed by atoms with E-state index in [4.69, 9.17) is 5.73 Å². The number of quaternary nitrogens is 1. The Morgan fingerprint density at radius 3 is 2.19 bits per heavy atom. The first-order chi connectivity index (χ1) is 9.60. The highest BCUT2D eigenvalue weighted by molar-refractivity contribution is 5.58. The van der Waals surface area contributed by atoms with Gasteiger partial charge in [-0.05, 0) is 30.7 Å². The molecular weight excluding hydrogens is 290 g/mol. The molecule has 4 N–H and O–H groups in total. The fraction of sp³-hybridized carbons (Fsp3) is 0.600. The number of benzene rings is 1. The Balaban J connectivity index is 0.00000220. The third-order valence-electron chi connectivity index (χ3n) is 4.46. The highest BCUT2D eigenvalue weighted by Crippen LogP contribution is 2.23. The minimum absolute atomic E-state index is 0. The van der Waals surface area contributed by atoms with Gasteiger partial charge in [0.25, 0.3) is 0 Å². The molecule has 5 nitrogen and oxygen atoms in total. The molecule has 0 aromatic heterocycles. The molecule has 1 aliphatic heterocycles. The van der Waals surface area contributed by atoms with E-state index >= 15 is 0 Å². The molecule has 1 saturated heterocycles. The van der Waals surface area contributed by atoms with Gasteiger partial charge in [-0.3, -0.25) is 0 Å². The fourth-order valence-corrected chi connectivity index (χ4v) is 2.99.